The number of nitrogens with one attached hydrogen (secondary N) is 1. The van der Waals surface area contributed by atoms with Crippen molar-refractivity contribution in [3.8, 4) is 0 Å². The summed E-state index contributed by atoms with van der Waals surface area (Å²) in [6.45, 7) is 13.3. The van der Waals surface area contributed by atoms with Crippen molar-refractivity contribution in [1.29, 1.82) is 0 Å². The first kappa shape index (κ1) is 35.5. The van der Waals surface area contributed by atoms with E-state index < -0.39 is 17.3 Å². The molecule has 50 heavy (non-hydrogen) atoms. The zero-order chi connectivity index (χ0) is 35.4. The fourth-order valence-corrected chi connectivity index (χ4v) is 7.10. The van der Waals surface area contributed by atoms with Gasteiger partial charge in [0, 0.05) is 70.7 Å². The zero-order valence-electron chi connectivity index (χ0n) is 29.3. The monoisotopic (exact) mass is 689 g/mol. The Morgan fingerprint density at radius 3 is 2.16 bits per heavy atom. The van der Waals surface area contributed by atoms with Gasteiger partial charge < -0.3 is 19.4 Å². The maximum atomic E-state index is 14.9. The molecule has 3 aliphatic heterocycles. The highest BCUT2D eigenvalue weighted by molar-refractivity contribution is 5.95. The molecule has 3 fully saturated rings. The molecule has 3 saturated heterocycles. The molecule has 0 bridgehead atoms. The molecule has 0 saturated carbocycles. The van der Waals surface area contributed by atoms with Crippen LogP contribution in [0.2, 0.25) is 0 Å². The van der Waals surface area contributed by atoms with Crippen molar-refractivity contribution >= 4 is 28.7 Å². The molecule has 6 rings (SSSR count). The van der Waals surface area contributed by atoms with E-state index in [1.165, 1.54) is 6.07 Å². The molecular formula is C37H48FN7O5. The minimum Gasteiger partial charge on any atom is -0.444 e. The molecule has 13 heteroatoms. The fourth-order valence-electron chi connectivity index (χ4n) is 7.10. The van der Waals surface area contributed by atoms with Crippen LogP contribution in [-0.2, 0) is 16.0 Å². The number of fused-ring (bicyclic) bond motifs is 1. The maximum absolute atomic E-state index is 14.9. The van der Waals surface area contributed by atoms with Crippen LogP contribution in [0.4, 0.5) is 9.18 Å². The van der Waals surface area contributed by atoms with Gasteiger partial charge in [0.15, 0.2) is 0 Å². The smallest absolute Gasteiger partial charge is 0.410 e. The number of aromatic amines is 1. The molecule has 3 amide bonds. The molecule has 3 aliphatic rings. The number of ether oxygens (including phenoxy) is 1. The van der Waals surface area contributed by atoms with E-state index in [0.29, 0.717) is 80.2 Å². The molecule has 2 aromatic carbocycles. The molecule has 0 unspecified atom stereocenters. The normalized spacial score (nSPS) is 18.4. The first-order valence-corrected chi connectivity index (χ1v) is 17.7. The molecule has 0 atom stereocenters. The van der Waals surface area contributed by atoms with Crippen LogP contribution in [-0.4, -0.2) is 137 Å². The summed E-state index contributed by atoms with van der Waals surface area (Å²) in [4.78, 5) is 61.1. The van der Waals surface area contributed by atoms with Gasteiger partial charge in [0.25, 0.3) is 11.5 Å². The second kappa shape index (κ2) is 15.3. The summed E-state index contributed by atoms with van der Waals surface area (Å²) in [6, 6.07) is 11.7. The first-order chi connectivity index (χ1) is 23.9. The van der Waals surface area contributed by atoms with Crippen LogP contribution in [0.3, 0.4) is 0 Å². The Labute approximate surface area is 292 Å². The Bertz CT molecular complexity index is 1750. The predicted octanol–water partition coefficient (Wildman–Crippen LogP) is 3.20. The minimum atomic E-state index is -0.594. The van der Waals surface area contributed by atoms with E-state index >= 15 is 0 Å². The number of halogens is 1. The quantitative estimate of drug-likeness (QED) is 0.402. The van der Waals surface area contributed by atoms with Gasteiger partial charge in [0.05, 0.1) is 23.2 Å². The van der Waals surface area contributed by atoms with E-state index in [2.05, 4.69) is 20.0 Å². The molecule has 0 spiro atoms. The number of rotatable bonds is 7. The number of carbonyl (C=O) groups is 3. The van der Waals surface area contributed by atoms with Crippen LogP contribution in [0.25, 0.3) is 10.8 Å². The van der Waals surface area contributed by atoms with Gasteiger partial charge in [0.1, 0.15) is 11.4 Å². The van der Waals surface area contributed by atoms with Crippen molar-refractivity contribution < 1.29 is 23.5 Å². The van der Waals surface area contributed by atoms with Crippen LogP contribution >= 0.6 is 0 Å². The first-order valence-electron chi connectivity index (χ1n) is 17.7. The lowest BCUT2D eigenvalue weighted by Crippen LogP contribution is -2.53. The number of nitrogens with zero attached hydrogens (tertiary/aromatic N) is 6. The largest absolute Gasteiger partial charge is 0.444 e. The van der Waals surface area contributed by atoms with Gasteiger partial charge >= 0.3 is 6.09 Å². The van der Waals surface area contributed by atoms with Crippen molar-refractivity contribution in [3.63, 3.8) is 0 Å². The van der Waals surface area contributed by atoms with E-state index in [-0.39, 0.29) is 23.1 Å². The third-order valence-electron chi connectivity index (χ3n) is 9.93. The molecule has 1 N–H and O–H groups in total. The van der Waals surface area contributed by atoms with E-state index in [4.69, 9.17) is 4.74 Å². The lowest BCUT2D eigenvalue weighted by atomic mass is 9.96. The predicted molar refractivity (Wildman–Crippen MR) is 187 cm³/mol. The van der Waals surface area contributed by atoms with E-state index in [1.807, 2.05) is 32.9 Å². The summed E-state index contributed by atoms with van der Waals surface area (Å²) in [7, 11) is 0. The highest BCUT2D eigenvalue weighted by atomic mass is 19.1. The van der Waals surface area contributed by atoms with Crippen molar-refractivity contribution in [2.45, 2.75) is 45.6 Å². The van der Waals surface area contributed by atoms with Crippen molar-refractivity contribution in [2.24, 2.45) is 5.92 Å². The van der Waals surface area contributed by atoms with Gasteiger partial charge in [-0.2, -0.15) is 5.10 Å². The Kier molecular flexibility index (Phi) is 10.8. The standard InChI is InChI=1S/C37H48FN7O5/c1-37(2,3)50-36(49)45-16-14-42(15-17-45)24-26-10-12-41(13-11-26)25-33(46)43-18-20-44(21-19-43)35(48)30-22-27(8-9-31(30)38)23-32-28-6-4-5-7-29(28)34(47)40-39-32/h4-9,22,26H,10-21,23-25H2,1-3H3,(H,40,47). The molecule has 4 heterocycles. The molecular weight excluding hydrogens is 641 g/mol. The van der Waals surface area contributed by atoms with Crippen molar-refractivity contribution in [1.82, 2.24) is 34.7 Å². The molecule has 268 valence electrons. The minimum absolute atomic E-state index is 0.0104. The SMILES string of the molecule is CC(C)(C)OC(=O)N1CCN(CC2CCN(CC(=O)N3CCN(C(=O)c4cc(Cc5n[nH]c(=O)c6ccccc56)ccc4F)CC3)CC2)CC1. The lowest BCUT2D eigenvalue weighted by molar-refractivity contribution is -0.134. The van der Waals surface area contributed by atoms with Crippen LogP contribution in [0, 0.1) is 11.7 Å². The molecule has 1 aromatic heterocycles. The summed E-state index contributed by atoms with van der Waals surface area (Å²) in [5.41, 5.74) is 0.565. The second-order valence-corrected chi connectivity index (χ2v) is 14.7. The Hall–Kier alpha value is -4.36. The number of hydrogen-bond acceptors (Lipinski definition) is 8. The molecule has 3 aromatic rings. The number of H-pyrrole nitrogens is 1. The summed E-state index contributed by atoms with van der Waals surface area (Å²) >= 11 is 0. The van der Waals surface area contributed by atoms with Crippen LogP contribution < -0.4 is 5.56 Å². The van der Waals surface area contributed by atoms with Crippen LogP contribution in [0.1, 0.15) is 55.2 Å². The number of aromatic nitrogens is 2. The second-order valence-electron chi connectivity index (χ2n) is 14.7. The molecule has 0 aliphatic carbocycles. The van der Waals surface area contributed by atoms with E-state index in [0.717, 1.165) is 45.6 Å². The topological polar surface area (TPSA) is 122 Å². The Balaban J connectivity index is 0.936. The summed E-state index contributed by atoms with van der Waals surface area (Å²) in [5.74, 6) is -0.370. The van der Waals surface area contributed by atoms with Gasteiger partial charge in [0.2, 0.25) is 5.91 Å². The number of amides is 3. The number of carbonyl (C=O) groups excluding carboxylic acids is 3. The molecule has 12 nitrogen and oxygen atoms in total. The third-order valence-corrected chi connectivity index (χ3v) is 9.93. The van der Waals surface area contributed by atoms with E-state index in [9.17, 15) is 23.6 Å². The summed E-state index contributed by atoms with van der Waals surface area (Å²) in [5, 5.41) is 7.98. The van der Waals surface area contributed by atoms with Crippen LogP contribution in [0.15, 0.2) is 47.3 Å². The van der Waals surface area contributed by atoms with Gasteiger partial charge in [-0.1, -0.05) is 24.3 Å². The average molecular weight is 690 g/mol. The van der Waals surface area contributed by atoms with Crippen molar-refractivity contribution in [3.05, 3.63) is 75.5 Å². The maximum Gasteiger partial charge on any atom is 0.410 e. The molecule has 0 radical (unpaired) electrons. The fraction of sp³-hybridized carbons (Fsp3) is 0.541. The van der Waals surface area contributed by atoms with Gasteiger partial charge in [-0.05, 0) is 76.4 Å². The van der Waals surface area contributed by atoms with Gasteiger partial charge in [-0.3, -0.25) is 24.2 Å². The van der Waals surface area contributed by atoms with Crippen molar-refractivity contribution in [2.75, 3.05) is 78.5 Å². The number of piperazine rings is 2. The Morgan fingerprint density at radius 1 is 0.840 bits per heavy atom. The average Bonchev–Trinajstić information content (AvgIpc) is 3.10. The third kappa shape index (κ3) is 8.67. The number of benzene rings is 2. The highest BCUT2D eigenvalue weighted by Crippen LogP contribution is 2.22. The number of likely N-dealkylation sites (tertiary alicyclic amines) is 1. The van der Waals surface area contributed by atoms with Gasteiger partial charge in [-0.25, -0.2) is 14.3 Å². The summed E-state index contributed by atoms with van der Waals surface area (Å²) in [6.07, 6.45) is 2.14. The zero-order valence-corrected chi connectivity index (χ0v) is 29.3. The summed E-state index contributed by atoms with van der Waals surface area (Å²) < 4.78 is 20.4. The van der Waals surface area contributed by atoms with Crippen LogP contribution in [0.5, 0.6) is 0 Å². The Morgan fingerprint density at radius 2 is 1.48 bits per heavy atom. The van der Waals surface area contributed by atoms with E-state index in [1.54, 1.807) is 39.0 Å². The van der Waals surface area contributed by atoms with Gasteiger partial charge in [-0.15, -0.1) is 0 Å². The number of hydrogen-bond donors (Lipinski definition) is 1. The highest BCUT2D eigenvalue weighted by Gasteiger charge is 2.30. The lowest BCUT2D eigenvalue weighted by Gasteiger charge is -2.39. The number of piperidine rings is 1.